The molecule has 0 aliphatic carbocycles. The molecule has 0 heterocycles. The van der Waals surface area contributed by atoms with E-state index in [1.807, 2.05) is 50.2 Å². The molecule has 6 nitrogen and oxygen atoms in total. The average molecular weight is 418 g/mol. The van der Waals surface area contributed by atoms with Gasteiger partial charge in [-0.1, -0.05) is 36.4 Å². The number of carbonyl (C=O) groups is 2. The minimum absolute atomic E-state index is 0.368. The van der Waals surface area contributed by atoms with Crippen molar-refractivity contribution in [3.05, 3.63) is 89.5 Å². The number of benzene rings is 3. The first-order valence-corrected chi connectivity index (χ1v) is 9.88. The highest BCUT2D eigenvalue weighted by Gasteiger charge is 2.26. The number of ether oxygens (including phenoxy) is 2. The average Bonchev–Trinajstić information content (AvgIpc) is 2.78. The molecule has 0 saturated heterocycles. The lowest BCUT2D eigenvalue weighted by molar-refractivity contribution is -0.125. The van der Waals surface area contributed by atoms with Crippen LogP contribution in [0.2, 0.25) is 0 Å². The molecule has 1 amide bonds. The SMILES string of the molecule is COc1ccc(C)cc1NC(=O)C(OC(=O)c1ccc(N(C)C)cc1)c1ccccc1. The topological polar surface area (TPSA) is 67.9 Å². The Morgan fingerprint density at radius 3 is 2.23 bits per heavy atom. The number of anilines is 2. The van der Waals surface area contributed by atoms with Gasteiger partial charge in [-0.2, -0.15) is 0 Å². The number of esters is 1. The van der Waals surface area contributed by atoms with Crippen molar-refractivity contribution in [2.24, 2.45) is 0 Å². The van der Waals surface area contributed by atoms with Gasteiger partial charge in [0.25, 0.3) is 5.91 Å². The molecule has 6 heteroatoms. The zero-order valence-electron chi connectivity index (χ0n) is 18.1. The van der Waals surface area contributed by atoms with Crippen LogP contribution in [0.3, 0.4) is 0 Å². The summed E-state index contributed by atoms with van der Waals surface area (Å²) in [4.78, 5) is 27.9. The van der Waals surface area contributed by atoms with Crippen LogP contribution in [0.5, 0.6) is 5.75 Å². The number of aryl methyl sites for hydroxylation is 1. The van der Waals surface area contributed by atoms with Crippen LogP contribution >= 0.6 is 0 Å². The highest BCUT2D eigenvalue weighted by atomic mass is 16.5. The second kappa shape index (κ2) is 9.80. The van der Waals surface area contributed by atoms with E-state index in [-0.39, 0.29) is 0 Å². The van der Waals surface area contributed by atoms with E-state index in [2.05, 4.69) is 5.32 Å². The molecule has 0 spiro atoms. The molecule has 0 aliphatic rings. The van der Waals surface area contributed by atoms with Crippen molar-refractivity contribution in [3.63, 3.8) is 0 Å². The van der Waals surface area contributed by atoms with E-state index in [1.165, 1.54) is 7.11 Å². The maximum absolute atomic E-state index is 13.2. The third kappa shape index (κ3) is 5.42. The van der Waals surface area contributed by atoms with Gasteiger partial charge in [-0.05, 0) is 48.9 Å². The van der Waals surface area contributed by atoms with Crippen LogP contribution in [0.15, 0.2) is 72.8 Å². The summed E-state index contributed by atoms with van der Waals surface area (Å²) in [6.45, 7) is 1.92. The van der Waals surface area contributed by atoms with Gasteiger partial charge in [-0.25, -0.2) is 4.79 Å². The van der Waals surface area contributed by atoms with E-state index in [0.717, 1.165) is 11.3 Å². The van der Waals surface area contributed by atoms with E-state index in [0.29, 0.717) is 22.6 Å². The van der Waals surface area contributed by atoms with Crippen molar-refractivity contribution in [1.29, 1.82) is 0 Å². The number of rotatable bonds is 7. The molecule has 1 unspecified atom stereocenters. The fourth-order valence-corrected chi connectivity index (χ4v) is 3.09. The number of hydrogen-bond donors (Lipinski definition) is 1. The Bertz CT molecular complexity index is 1050. The minimum Gasteiger partial charge on any atom is -0.495 e. The summed E-state index contributed by atoms with van der Waals surface area (Å²) < 4.78 is 11.0. The number of methoxy groups -OCH3 is 1. The van der Waals surface area contributed by atoms with Gasteiger partial charge in [0.05, 0.1) is 18.4 Å². The molecule has 1 N–H and O–H groups in total. The number of nitrogens with one attached hydrogen (secondary N) is 1. The zero-order chi connectivity index (χ0) is 22.4. The summed E-state index contributed by atoms with van der Waals surface area (Å²) in [7, 11) is 5.37. The summed E-state index contributed by atoms with van der Waals surface area (Å²) >= 11 is 0. The van der Waals surface area contributed by atoms with E-state index in [9.17, 15) is 9.59 Å². The molecule has 0 fully saturated rings. The summed E-state index contributed by atoms with van der Waals surface area (Å²) in [5, 5.41) is 2.83. The summed E-state index contributed by atoms with van der Waals surface area (Å²) in [5.74, 6) is -0.518. The van der Waals surface area contributed by atoms with Crippen molar-refractivity contribution in [2.75, 3.05) is 31.4 Å². The molecule has 0 aromatic heterocycles. The van der Waals surface area contributed by atoms with E-state index >= 15 is 0 Å². The van der Waals surface area contributed by atoms with E-state index < -0.39 is 18.0 Å². The first kappa shape index (κ1) is 21.9. The van der Waals surface area contributed by atoms with Gasteiger partial charge in [0.1, 0.15) is 5.75 Å². The van der Waals surface area contributed by atoms with Gasteiger partial charge in [0, 0.05) is 25.3 Å². The lowest BCUT2D eigenvalue weighted by Crippen LogP contribution is -2.26. The van der Waals surface area contributed by atoms with Gasteiger partial charge >= 0.3 is 5.97 Å². The fraction of sp³-hybridized carbons (Fsp3) is 0.200. The second-order valence-electron chi connectivity index (χ2n) is 7.33. The van der Waals surface area contributed by atoms with Gasteiger partial charge in [0.15, 0.2) is 0 Å². The Labute approximate surface area is 182 Å². The molecule has 0 saturated carbocycles. The molecule has 3 rings (SSSR count). The monoisotopic (exact) mass is 418 g/mol. The highest BCUT2D eigenvalue weighted by Crippen LogP contribution is 2.28. The van der Waals surface area contributed by atoms with Crippen LogP contribution < -0.4 is 15.0 Å². The van der Waals surface area contributed by atoms with E-state index in [4.69, 9.17) is 9.47 Å². The maximum Gasteiger partial charge on any atom is 0.339 e. The Morgan fingerprint density at radius 2 is 1.61 bits per heavy atom. The van der Waals surface area contributed by atoms with Crippen LogP contribution in [-0.2, 0) is 9.53 Å². The van der Waals surface area contributed by atoms with Crippen LogP contribution in [0.25, 0.3) is 0 Å². The number of amides is 1. The predicted octanol–water partition coefficient (Wildman–Crippen LogP) is 4.61. The highest BCUT2D eigenvalue weighted by molar-refractivity contribution is 5.99. The zero-order valence-corrected chi connectivity index (χ0v) is 18.1. The number of carbonyl (C=O) groups excluding carboxylic acids is 2. The molecule has 3 aromatic carbocycles. The van der Waals surface area contributed by atoms with Crippen LogP contribution in [0.4, 0.5) is 11.4 Å². The summed E-state index contributed by atoms with van der Waals surface area (Å²) in [5.41, 5.74) is 3.38. The molecule has 0 radical (unpaired) electrons. The number of nitrogens with zero attached hydrogens (tertiary/aromatic N) is 1. The normalized spacial score (nSPS) is 11.4. The quantitative estimate of drug-likeness (QED) is 0.568. The minimum atomic E-state index is -1.12. The van der Waals surface area contributed by atoms with E-state index in [1.54, 1.807) is 48.5 Å². The second-order valence-corrected chi connectivity index (χ2v) is 7.33. The third-order valence-electron chi connectivity index (χ3n) is 4.80. The summed E-state index contributed by atoms with van der Waals surface area (Å²) in [6, 6.07) is 21.4. The molecule has 1 atom stereocenters. The van der Waals surface area contributed by atoms with Gasteiger partial charge < -0.3 is 19.7 Å². The van der Waals surface area contributed by atoms with Crippen LogP contribution in [0, 0.1) is 6.92 Å². The Morgan fingerprint density at radius 1 is 0.935 bits per heavy atom. The predicted molar refractivity (Wildman–Crippen MR) is 122 cm³/mol. The molecule has 3 aromatic rings. The standard InChI is InChI=1S/C25H26N2O4/c1-17-10-15-22(30-4)21(16-17)26-24(28)23(18-8-6-5-7-9-18)31-25(29)19-11-13-20(14-12-19)27(2)3/h5-16,23H,1-4H3,(H,26,28). The smallest absolute Gasteiger partial charge is 0.339 e. The molecular weight excluding hydrogens is 392 g/mol. The Kier molecular flexibility index (Phi) is 6.92. The van der Waals surface area contributed by atoms with Crippen molar-refractivity contribution in [2.45, 2.75) is 13.0 Å². The fourth-order valence-electron chi connectivity index (χ4n) is 3.09. The first-order chi connectivity index (χ1) is 14.9. The maximum atomic E-state index is 13.2. The van der Waals surface area contributed by atoms with Crippen molar-refractivity contribution in [3.8, 4) is 5.75 Å². The van der Waals surface area contributed by atoms with Crippen LogP contribution in [0.1, 0.15) is 27.6 Å². The van der Waals surface area contributed by atoms with Gasteiger partial charge in [0.2, 0.25) is 6.10 Å². The van der Waals surface area contributed by atoms with Gasteiger partial charge in [-0.15, -0.1) is 0 Å². The Balaban J connectivity index is 1.86. The molecule has 31 heavy (non-hydrogen) atoms. The molecular formula is C25H26N2O4. The third-order valence-corrected chi connectivity index (χ3v) is 4.80. The van der Waals surface area contributed by atoms with Gasteiger partial charge in [-0.3, -0.25) is 4.79 Å². The van der Waals surface area contributed by atoms with Crippen molar-refractivity contribution in [1.82, 2.24) is 0 Å². The Hall–Kier alpha value is -3.80. The summed E-state index contributed by atoms with van der Waals surface area (Å²) in [6.07, 6.45) is -1.12. The molecule has 0 aliphatic heterocycles. The van der Waals surface area contributed by atoms with Crippen molar-refractivity contribution < 1.29 is 19.1 Å². The lowest BCUT2D eigenvalue weighted by atomic mass is 10.1. The largest absolute Gasteiger partial charge is 0.495 e. The molecule has 160 valence electrons. The number of hydrogen-bond acceptors (Lipinski definition) is 5. The van der Waals surface area contributed by atoms with Crippen molar-refractivity contribution >= 4 is 23.3 Å². The van der Waals surface area contributed by atoms with Crippen LogP contribution in [-0.4, -0.2) is 33.1 Å². The molecule has 0 bridgehead atoms. The first-order valence-electron chi connectivity index (χ1n) is 9.88. The lowest BCUT2D eigenvalue weighted by Gasteiger charge is -2.19.